The molecular formula is C22H21ClN6O2. The standard InChI is InChI=1S/C22H21ClN6O2/c1-13-26-21-16(22(30)27-24)11-14(28-7-9-31-10-8-28)12-19(21)29(13)18-5-6-25-20-15(18)3-2-4-17(20)23/h2-6,11-12H,7-10,24H2,1H3,(H,27,30). The summed E-state index contributed by atoms with van der Waals surface area (Å²) < 4.78 is 7.52. The van der Waals surface area contributed by atoms with Gasteiger partial charge in [0.25, 0.3) is 5.91 Å². The Hall–Kier alpha value is -3.20. The number of benzene rings is 2. The average molecular weight is 437 g/mol. The minimum absolute atomic E-state index is 0.382. The van der Waals surface area contributed by atoms with Crippen LogP contribution in [0.1, 0.15) is 16.2 Å². The number of nitrogens with two attached hydrogens (primary N) is 1. The molecule has 1 saturated heterocycles. The van der Waals surface area contributed by atoms with Crippen LogP contribution >= 0.6 is 11.6 Å². The lowest BCUT2D eigenvalue weighted by Crippen LogP contribution is -2.36. The normalized spacial score (nSPS) is 14.4. The second-order valence-corrected chi connectivity index (χ2v) is 7.80. The van der Waals surface area contributed by atoms with E-state index in [0.29, 0.717) is 34.8 Å². The number of carbonyl (C=O) groups excluding carboxylic acids is 1. The van der Waals surface area contributed by atoms with Crippen molar-refractivity contribution in [1.29, 1.82) is 0 Å². The molecule has 1 aliphatic rings. The maximum atomic E-state index is 12.6. The van der Waals surface area contributed by atoms with Crippen molar-refractivity contribution in [3.05, 3.63) is 59.0 Å². The van der Waals surface area contributed by atoms with E-state index in [-0.39, 0.29) is 5.91 Å². The number of nitrogen functional groups attached to an aromatic ring is 1. The number of rotatable bonds is 3. The van der Waals surface area contributed by atoms with Crippen LogP contribution < -0.4 is 16.2 Å². The third-order valence-electron chi connectivity index (χ3n) is 5.60. The van der Waals surface area contributed by atoms with Gasteiger partial charge in [-0.15, -0.1) is 0 Å². The van der Waals surface area contributed by atoms with Gasteiger partial charge in [-0.3, -0.25) is 19.8 Å². The van der Waals surface area contributed by atoms with Crippen LogP contribution in [0.5, 0.6) is 0 Å². The first-order valence-corrected chi connectivity index (χ1v) is 10.4. The molecule has 0 spiro atoms. The third kappa shape index (κ3) is 3.29. The molecule has 3 N–H and O–H groups in total. The van der Waals surface area contributed by atoms with Crippen LogP contribution in [-0.2, 0) is 4.74 Å². The Kier molecular flexibility index (Phi) is 4.97. The van der Waals surface area contributed by atoms with Crippen LogP contribution in [-0.4, -0.2) is 46.7 Å². The lowest BCUT2D eigenvalue weighted by Gasteiger charge is -2.29. The molecule has 8 nitrogen and oxygen atoms in total. The van der Waals surface area contributed by atoms with Gasteiger partial charge in [0.15, 0.2) is 0 Å². The van der Waals surface area contributed by atoms with Gasteiger partial charge in [0.2, 0.25) is 0 Å². The number of halogens is 1. The summed E-state index contributed by atoms with van der Waals surface area (Å²) in [7, 11) is 0. The van der Waals surface area contributed by atoms with Crippen molar-refractivity contribution in [1.82, 2.24) is 20.0 Å². The fraction of sp³-hybridized carbons (Fsp3) is 0.227. The molecule has 2 aromatic carbocycles. The fourth-order valence-corrected chi connectivity index (χ4v) is 4.38. The molecule has 0 radical (unpaired) electrons. The summed E-state index contributed by atoms with van der Waals surface area (Å²) in [5.74, 6) is 5.84. The predicted molar refractivity (Wildman–Crippen MR) is 121 cm³/mol. The van der Waals surface area contributed by atoms with Crippen molar-refractivity contribution >= 4 is 45.1 Å². The molecule has 9 heteroatoms. The average Bonchev–Trinajstić information content (AvgIpc) is 3.14. The Morgan fingerprint density at radius 3 is 2.77 bits per heavy atom. The smallest absolute Gasteiger partial charge is 0.267 e. The number of fused-ring (bicyclic) bond motifs is 2. The Balaban J connectivity index is 1.81. The Morgan fingerprint density at radius 2 is 2.00 bits per heavy atom. The van der Waals surface area contributed by atoms with E-state index < -0.39 is 0 Å². The summed E-state index contributed by atoms with van der Waals surface area (Å²) in [4.78, 5) is 24.0. The number of nitrogens with zero attached hydrogens (tertiary/aromatic N) is 4. The SMILES string of the molecule is Cc1nc2c(C(=O)NN)cc(N3CCOCC3)cc2n1-c1ccnc2c(Cl)cccc12. The van der Waals surface area contributed by atoms with Crippen molar-refractivity contribution in [3.8, 4) is 5.69 Å². The van der Waals surface area contributed by atoms with Gasteiger partial charge in [-0.25, -0.2) is 10.8 Å². The number of ether oxygens (including phenoxy) is 1. The van der Waals surface area contributed by atoms with Crippen LogP contribution in [0.25, 0.3) is 27.6 Å². The summed E-state index contributed by atoms with van der Waals surface area (Å²) in [6, 6.07) is 11.5. The van der Waals surface area contributed by atoms with Gasteiger partial charge >= 0.3 is 0 Å². The predicted octanol–water partition coefficient (Wildman–Crippen LogP) is 2.98. The number of para-hydroxylation sites is 1. The monoisotopic (exact) mass is 436 g/mol. The van der Waals surface area contributed by atoms with Crippen LogP contribution in [0, 0.1) is 6.92 Å². The number of nitrogens with one attached hydrogen (secondary N) is 1. The summed E-state index contributed by atoms with van der Waals surface area (Å²) in [6.07, 6.45) is 1.73. The van der Waals surface area contributed by atoms with Gasteiger partial charge in [-0.2, -0.15) is 0 Å². The lowest BCUT2D eigenvalue weighted by molar-refractivity contribution is 0.0955. The van der Waals surface area contributed by atoms with Crippen molar-refractivity contribution in [2.75, 3.05) is 31.2 Å². The van der Waals surface area contributed by atoms with E-state index in [2.05, 4.69) is 21.4 Å². The van der Waals surface area contributed by atoms with Gasteiger partial charge in [0.05, 0.1) is 40.5 Å². The zero-order valence-electron chi connectivity index (χ0n) is 16.9. The minimum atomic E-state index is -0.382. The van der Waals surface area contributed by atoms with Crippen molar-refractivity contribution in [3.63, 3.8) is 0 Å². The van der Waals surface area contributed by atoms with Crippen LogP contribution in [0.3, 0.4) is 0 Å². The molecule has 0 bridgehead atoms. The Morgan fingerprint density at radius 1 is 1.19 bits per heavy atom. The van der Waals surface area contributed by atoms with Gasteiger partial charge < -0.3 is 9.64 Å². The van der Waals surface area contributed by atoms with E-state index in [9.17, 15) is 4.79 Å². The molecule has 0 aliphatic carbocycles. The number of pyridine rings is 1. The topological polar surface area (TPSA) is 98.3 Å². The molecule has 31 heavy (non-hydrogen) atoms. The van der Waals surface area contributed by atoms with Crippen LogP contribution in [0.2, 0.25) is 5.02 Å². The molecule has 5 rings (SSSR count). The van der Waals surface area contributed by atoms with E-state index in [0.717, 1.165) is 41.2 Å². The Bertz CT molecular complexity index is 1310. The van der Waals surface area contributed by atoms with Crippen molar-refractivity contribution < 1.29 is 9.53 Å². The molecule has 0 unspecified atom stereocenters. The first-order chi connectivity index (χ1) is 15.1. The number of imidazole rings is 1. The molecule has 2 aromatic heterocycles. The number of aryl methyl sites for hydroxylation is 1. The first kappa shape index (κ1) is 19.7. The van der Waals surface area contributed by atoms with E-state index in [1.54, 1.807) is 6.20 Å². The summed E-state index contributed by atoms with van der Waals surface area (Å²) in [5, 5.41) is 1.48. The molecule has 1 fully saturated rings. The van der Waals surface area contributed by atoms with Crippen LogP contribution in [0.15, 0.2) is 42.6 Å². The number of morpholine rings is 1. The lowest BCUT2D eigenvalue weighted by atomic mass is 10.1. The number of anilines is 1. The fourth-order valence-electron chi connectivity index (χ4n) is 4.16. The molecule has 1 amide bonds. The maximum absolute atomic E-state index is 12.6. The Labute approximate surface area is 183 Å². The first-order valence-electron chi connectivity index (χ1n) is 9.99. The molecule has 158 valence electrons. The quantitative estimate of drug-likeness (QED) is 0.291. The molecule has 0 atom stereocenters. The second-order valence-electron chi connectivity index (χ2n) is 7.39. The highest BCUT2D eigenvalue weighted by molar-refractivity contribution is 6.35. The highest BCUT2D eigenvalue weighted by Gasteiger charge is 2.22. The molecule has 3 heterocycles. The zero-order valence-corrected chi connectivity index (χ0v) is 17.7. The summed E-state index contributed by atoms with van der Waals surface area (Å²) >= 11 is 6.39. The molecule has 4 aromatic rings. The molecule has 1 aliphatic heterocycles. The van der Waals surface area contributed by atoms with Crippen molar-refractivity contribution in [2.24, 2.45) is 5.84 Å². The van der Waals surface area contributed by atoms with Gasteiger partial charge in [0, 0.05) is 30.4 Å². The van der Waals surface area contributed by atoms with Gasteiger partial charge in [-0.05, 0) is 31.2 Å². The minimum Gasteiger partial charge on any atom is -0.378 e. The van der Waals surface area contributed by atoms with Crippen LogP contribution in [0.4, 0.5) is 5.69 Å². The van der Waals surface area contributed by atoms with Crippen molar-refractivity contribution in [2.45, 2.75) is 6.92 Å². The number of carbonyl (C=O) groups is 1. The van der Waals surface area contributed by atoms with E-state index >= 15 is 0 Å². The third-order valence-corrected chi connectivity index (χ3v) is 5.91. The number of amides is 1. The summed E-state index contributed by atoms with van der Waals surface area (Å²) in [5.41, 5.74) is 6.61. The number of hydrogen-bond donors (Lipinski definition) is 2. The van der Waals surface area contributed by atoms with E-state index in [4.69, 9.17) is 27.2 Å². The number of aromatic nitrogens is 3. The number of hydrogen-bond acceptors (Lipinski definition) is 6. The van der Waals surface area contributed by atoms with E-state index in [1.807, 2.05) is 41.8 Å². The van der Waals surface area contributed by atoms with Gasteiger partial charge in [-0.1, -0.05) is 23.7 Å². The highest BCUT2D eigenvalue weighted by Crippen LogP contribution is 2.33. The summed E-state index contributed by atoms with van der Waals surface area (Å²) in [6.45, 7) is 4.69. The molecule has 0 saturated carbocycles. The maximum Gasteiger partial charge on any atom is 0.267 e. The largest absolute Gasteiger partial charge is 0.378 e. The molecular weight excluding hydrogens is 416 g/mol. The zero-order chi connectivity index (χ0) is 21.5. The number of hydrazine groups is 1. The highest BCUT2D eigenvalue weighted by atomic mass is 35.5. The van der Waals surface area contributed by atoms with E-state index in [1.165, 1.54) is 0 Å². The second kappa shape index (κ2) is 7.81. The van der Waals surface area contributed by atoms with Gasteiger partial charge in [0.1, 0.15) is 11.3 Å².